The van der Waals surface area contributed by atoms with E-state index >= 15 is 0 Å². The first kappa shape index (κ1) is 11.2. The lowest BCUT2D eigenvalue weighted by atomic mass is 10.1. The van der Waals surface area contributed by atoms with Crippen molar-refractivity contribution in [2.75, 3.05) is 19.6 Å². The van der Waals surface area contributed by atoms with Crippen LogP contribution < -0.4 is 5.32 Å². The molecule has 0 aromatic carbocycles. The summed E-state index contributed by atoms with van der Waals surface area (Å²) in [5.41, 5.74) is 0. The number of Topliss-reactive ketones (excluding diaryl/α,β-unsaturated/α-hetero) is 1. The van der Waals surface area contributed by atoms with Gasteiger partial charge in [0.25, 0.3) is 0 Å². The molecule has 0 saturated carbocycles. The van der Waals surface area contributed by atoms with Gasteiger partial charge in [-0.25, -0.2) is 0 Å². The minimum absolute atomic E-state index is 0.0484. The fraction of sp³-hybridized carbons (Fsp3) is 0.800. The molecule has 1 amide bonds. The Kier molecular flexibility index (Phi) is 4.07. The molecule has 1 N–H and O–H groups in total. The molecule has 80 valence electrons. The predicted octanol–water partition coefficient (Wildman–Crippen LogP) is 0.176. The second kappa shape index (κ2) is 5.10. The topological polar surface area (TPSA) is 49.4 Å². The molecule has 1 heterocycles. The van der Waals surface area contributed by atoms with Crippen molar-refractivity contribution in [1.29, 1.82) is 0 Å². The zero-order valence-corrected chi connectivity index (χ0v) is 8.88. The summed E-state index contributed by atoms with van der Waals surface area (Å²) in [5, 5.41) is 2.79. The van der Waals surface area contributed by atoms with Crippen LogP contribution in [-0.4, -0.2) is 42.3 Å². The molecule has 0 aromatic rings. The molecule has 1 aliphatic heterocycles. The molecule has 1 fully saturated rings. The van der Waals surface area contributed by atoms with Crippen LogP contribution in [-0.2, 0) is 9.59 Å². The zero-order chi connectivity index (χ0) is 10.6. The summed E-state index contributed by atoms with van der Waals surface area (Å²) < 4.78 is 0. The molecule has 1 aliphatic rings. The Labute approximate surface area is 84.7 Å². The number of hydrogen-bond donors (Lipinski definition) is 1. The summed E-state index contributed by atoms with van der Waals surface area (Å²) in [4.78, 5) is 24.6. The van der Waals surface area contributed by atoms with E-state index in [1.165, 1.54) is 0 Å². The standard InChI is InChI=1S/C10H18N2O2/c1-3-9(13)8(2)12-6-4-10(14)11-5-7-12/h8H,3-7H2,1-2H3,(H,11,14). The van der Waals surface area contributed by atoms with E-state index < -0.39 is 0 Å². The first-order valence-electron chi connectivity index (χ1n) is 5.18. The van der Waals surface area contributed by atoms with Crippen molar-refractivity contribution in [2.24, 2.45) is 0 Å². The number of rotatable bonds is 3. The van der Waals surface area contributed by atoms with Crippen LogP contribution in [0.15, 0.2) is 0 Å². The van der Waals surface area contributed by atoms with Crippen molar-refractivity contribution in [2.45, 2.75) is 32.7 Å². The molecule has 0 aromatic heterocycles. The second-order valence-electron chi connectivity index (χ2n) is 3.63. The number of nitrogens with zero attached hydrogens (tertiary/aromatic N) is 1. The first-order valence-corrected chi connectivity index (χ1v) is 5.18. The largest absolute Gasteiger partial charge is 0.355 e. The number of carbonyl (C=O) groups is 2. The van der Waals surface area contributed by atoms with Gasteiger partial charge in [0.05, 0.1) is 6.04 Å². The van der Waals surface area contributed by atoms with Crippen LogP contribution in [0.4, 0.5) is 0 Å². The third-order valence-electron chi connectivity index (χ3n) is 2.71. The van der Waals surface area contributed by atoms with Crippen molar-refractivity contribution in [3.8, 4) is 0 Å². The van der Waals surface area contributed by atoms with Gasteiger partial charge in [0.2, 0.25) is 5.91 Å². The monoisotopic (exact) mass is 198 g/mol. The number of hydrogen-bond acceptors (Lipinski definition) is 3. The van der Waals surface area contributed by atoms with Gasteiger partial charge in [-0.15, -0.1) is 0 Å². The highest BCUT2D eigenvalue weighted by atomic mass is 16.1. The molecular weight excluding hydrogens is 180 g/mol. The second-order valence-corrected chi connectivity index (χ2v) is 3.63. The summed E-state index contributed by atoms with van der Waals surface area (Å²) in [6, 6.07) is -0.0484. The van der Waals surface area contributed by atoms with Crippen LogP contribution in [0.1, 0.15) is 26.7 Å². The fourth-order valence-corrected chi connectivity index (χ4v) is 1.67. The van der Waals surface area contributed by atoms with Crippen LogP contribution in [0.3, 0.4) is 0 Å². The average Bonchev–Trinajstić information content (AvgIpc) is 2.40. The summed E-state index contributed by atoms with van der Waals surface area (Å²) in [7, 11) is 0. The molecule has 4 nitrogen and oxygen atoms in total. The van der Waals surface area contributed by atoms with Crippen LogP contribution in [0.2, 0.25) is 0 Å². The number of nitrogens with one attached hydrogen (secondary N) is 1. The van der Waals surface area contributed by atoms with E-state index in [1.54, 1.807) is 0 Å². The fourth-order valence-electron chi connectivity index (χ4n) is 1.67. The van der Waals surface area contributed by atoms with Crippen molar-refractivity contribution in [1.82, 2.24) is 10.2 Å². The Morgan fingerprint density at radius 1 is 1.57 bits per heavy atom. The maximum Gasteiger partial charge on any atom is 0.221 e. The molecule has 0 bridgehead atoms. The lowest BCUT2D eigenvalue weighted by Crippen LogP contribution is -2.40. The molecule has 0 aliphatic carbocycles. The van der Waals surface area contributed by atoms with Gasteiger partial charge in [0.15, 0.2) is 0 Å². The minimum Gasteiger partial charge on any atom is -0.355 e. The van der Waals surface area contributed by atoms with Gasteiger partial charge in [0.1, 0.15) is 5.78 Å². The normalized spacial score (nSPS) is 21.1. The number of ketones is 1. The Balaban J connectivity index is 2.50. The van der Waals surface area contributed by atoms with Crippen LogP contribution in [0.5, 0.6) is 0 Å². The van der Waals surface area contributed by atoms with Crippen molar-refractivity contribution in [3.63, 3.8) is 0 Å². The highest BCUT2D eigenvalue weighted by Crippen LogP contribution is 2.05. The Morgan fingerprint density at radius 2 is 2.29 bits per heavy atom. The Hall–Kier alpha value is -0.900. The van der Waals surface area contributed by atoms with E-state index in [-0.39, 0.29) is 17.7 Å². The van der Waals surface area contributed by atoms with Crippen LogP contribution in [0.25, 0.3) is 0 Å². The molecular formula is C10H18N2O2. The molecule has 4 heteroatoms. The van der Waals surface area contributed by atoms with Crippen LogP contribution >= 0.6 is 0 Å². The van der Waals surface area contributed by atoms with E-state index in [2.05, 4.69) is 10.2 Å². The first-order chi connectivity index (χ1) is 6.65. The van der Waals surface area contributed by atoms with Gasteiger partial charge in [0, 0.05) is 32.5 Å². The van der Waals surface area contributed by atoms with Crippen molar-refractivity contribution >= 4 is 11.7 Å². The Morgan fingerprint density at radius 3 is 2.93 bits per heavy atom. The third kappa shape index (κ3) is 2.80. The number of amides is 1. The van der Waals surface area contributed by atoms with Crippen molar-refractivity contribution < 1.29 is 9.59 Å². The lowest BCUT2D eigenvalue weighted by molar-refractivity contribution is -0.124. The molecule has 14 heavy (non-hydrogen) atoms. The molecule has 0 spiro atoms. The molecule has 0 radical (unpaired) electrons. The van der Waals surface area contributed by atoms with E-state index in [4.69, 9.17) is 0 Å². The van der Waals surface area contributed by atoms with Gasteiger partial charge >= 0.3 is 0 Å². The summed E-state index contributed by atoms with van der Waals surface area (Å²) >= 11 is 0. The lowest BCUT2D eigenvalue weighted by Gasteiger charge is -2.25. The van der Waals surface area contributed by atoms with Crippen molar-refractivity contribution in [3.05, 3.63) is 0 Å². The maximum absolute atomic E-state index is 11.5. The van der Waals surface area contributed by atoms with E-state index in [0.717, 1.165) is 6.54 Å². The van der Waals surface area contributed by atoms with Crippen LogP contribution in [0, 0.1) is 0 Å². The van der Waals surface area contributed by atoms with Gasteiger partial charge in [-0.2, -0.15) is 0 Å². The third-order valence-corrected chi connectivity index (χ3v) is 2.71. The summed E-state index contributed by atoms with van der Waals surface area (Å²) in [6.07, 6.45) is 1.07. The Bertz CT molecular complexity index is 228. The smallest absolute Gasteiger partial charge is 0.221 e. The molecule has 1 saturated heterocycles. The minimum atomic E-state index is -0.0484. The molecule has 1 atom stereocenters. The summed E-state index contributed by atoms with van der Waals surface area (Å²) in [6.45, 7) is 5.92. The summed E-state index contributed by atoms with van der Waals surface area (Å²) in [5.74, 6) is 0.336. The number of carbonyl (C=O) groups excluding carboxylic acids is 2. The highest BCUT2D eigenvalue weighted by Gasteiger charge is 2.22. The highest BCUT2D eigenvalue weighted by molar-refractivity contribution is 5.83. The average molecular weight is 198 g/mol. The van der Waals surface area contributed by atoms with E-state index in [1.807, 2.05) is 13.8 Å². The quantitative estimate of drug-likeness (QED) is 0.703. The van der Waals surface area contributed by atoms with Gasteiger partial charge in [-0.3, -0.25) is 14.5 Å². The van der Waals surface area contributed by atoms with Gasteiger partial charge in [-0.1, -0.05) is 6.92 Å². The zero-order valence-electron chi connectivity index (χ0n) is 8.88. The maximum atomic E-state index is 11.5. The van der Waals surface area contributed by atoms with Gasteiger partial charge in [-0.05, 0) is 6.92 Å². The van der Waals surface area contributed by atoms with E-state index in [9.17, 15) is 9.59 Å². The SMILES string of the molecule is CCC(=O)C(C)N1CCNC(=O)CC1. The van der Waals surface area contributed by atoms with Gasteiger partial charge < -0.3 is 5.32 Å². The van der Waals surface area contributed by atoms with E-state index in [0.29, 0.717) is 25.9 Å². The molecule has 1 unspecified atom stereocenters. The molecule has 1 rings (SSSR count). The predicted molar refractivity (Wildman–Crippen MR) is 54.0 cm³/mol.